The Morgan fingerprint density at radius 2 is 1.84 bits per heavy atom. The summed E-state index contributed by atoms with van der Waals surface area (Å²) in [5, 5.41) is 0. The molecule has 0 spiro atoms. The van der Waals surface area contributed by atoms with E-state index in [2.05, 4.69) is 0 Å². The molecule has 3 rings (SSSR count). The van der Waals surface area contributed by atoms with Gasteiger partial charge in [-0.3, -0.25) is 4.79 Å². The topological polar surface area (TPSA) is 20.3 Å². The van der Waals surface area contributed by atoms with E-state index >= 15 is 0 Å². The lowest BCUT2D eigenvalue weighted by Gasteiger charge is -2.45. The molecule has 1 amide bonds. The fourth-order valence-electron chi connectivity index (χ4n) is 3.41. The van der Waals surface area contributed by atoms with E-state index in [0.29, 0.717) is 6.42 Å². The highest BCUT2D eigenvalue weighted by Crippen LogP contribution is 2.39. The second-order valence-electron chi connectivity index (χ2n) is 5.47. The fraction of sp³-hybridized carbons (Fsp3) is 0.533. The summed E-state index contributed by atoms with van der Waals surface area (Å²) in [7, 11) is 0. The number of piperidine rings is 2. The second-order valence-corrected chi connectivity index (χ2v) is 5.47. The molecule has 19 heavy (non-hydrogen) atoms. The molecule has 0 bridgehead atoms. The van der Waals surface area contributed by atoms with E-state index in [9.17, 15) is 13.6 Å². The lowest BCUT2D eigenvalue weighted by molar-refractivity contribution is -0.142. The number of carbonyl (C=O) groups is 1. The summed E-state index contributed by atoms with van der Waals surface area (Å²) in [5.74, 6) is -1.50. The first-order valence-electron chi connectivity index (χ1n) is 6.93. The Bertz CT molecular complexity index is 501. The van der Waals surface area contributed by atoms with E-state index in [4.69, 9.17) is 0 Å². The molecule has 2 fully saturated rings. The summed E-state index contributed by atoms with van der Waals surface area (Å²) < 4.78 is 26.4. The molecule has 0 aromatic heterocycles. The zero-order chi connectivity index (χ0) is 13.4. The van der Waals surface area contributed by atoms with Gasteiger partial charge in [-0.05, 0) is 49.8 Å². The van der Waals surface area contributed by atoms with Crippen LogP contribution in [-0.2, 0) is 4.79 Å². The number of hydrogen-bond donors (Lipinski definition) is 0. The van der Waals surface area contributed by atoms with E-state index in [0.717, 1.165) is 43.7 Å². The second kappa shape index (κ2) is 4.91. The van der Waals surface area contributed by atoms with Gasteiger partial charge in [0.15, 0.2) is 11.6 Å². The number of hydrogen-bond acceptors (Lipinski definition) is 1. The minimum atomic E-state index is -0.832. The van der Waals surface area contributed by atoms with Crippen LogP contribution in [-0.4, -0.2) is 16.8 Å². The Morgan fingerprint density at radius 3 is 2.63 bits per heavy atom. The van der Waals surface area contributed by atoms with Crippen molar-refractivity contribution in [3.05, 3.63) is 35.4 Å². The maximum atomic E-state index is 13.4. The largest absolute Gasteiger partial charge is 0.333 e. The van der Waals surface area contributed by atoms with Gasteiger partial charge in [-0.2, -0.15) is 0 Å². The minimum Gasteiger partial charge on any atom is -0.333 e. The van der Waals surface area contributed by atoms with Crippen LogP contribution in [0.15, 0.2) is 18.2 Å². The van der Waals surface area contributed by atoms with Gasteiger partial charge < -0.3 is 4.90 Å². The maximum Gasteiger partial charge on any atom is 0.223 e. The third-order valence-corrected chi connectivity index (χ3v) is 4.29. The van der Waals surface area contributed by atoms with E-state index in [1.54, 1.807) is 6.07 Å². The monoisotopic (exact) mass is 265 g/mol. The Hall–Kier alpha value is -1.45. The van der Waals surface area contributed by atoms with Gasteiger partial charge in [0.1, 0.15) is 0 Å². The molecule has 2 heterocycles. The Balaban J connectivity index is 1.93. The average molecular weight is 265 g/mol. The van der Waals surface area contributed by atoms with Crippen molar-refractivity contribution >= 4 is 5.91 Å². The van der Waals surface area contributed by atoms with Gasteiger partial charge in [-0.1, -0.05) is 6.07 Å². The molecule has 4 heteroatoms. The van der Waals surface area contributed by atoms with Crippen molar-refractivity contribution < 1.29 is 13.6 Å². The SMILES string of the molecule is O=C1CCCC2CCCC(c3ccc(F)c(F)c3)N12. The molecule has 0 saturated carbocycles. The average Bonchev–Trinajstić information content (AvgIpc) is 2.42. The van der Waals surface area contributed by atoms with Gasteiger partial charge in [0.2, 0.25) is 5.91 Å². The molecule has 2 saturated heterocycles. The summed E-state index contributed by atoms with van der Waals surface area (Å²) >= 11 is 0. The summed E-state index contributed by atoms with van der Waals surface area (Å²) in [4.78, 5) is 14.0. The lowest BCUT2D eigenvalue weighted by atomic mass is 9.85. The van der Waals surface area contributed by atoms with Gasteiger partial charge in [-0.25, -0.2) is 8.78 Å². The predicted molar refractivity (Wildman–Crippen MR) is 67.4 cm³/mol. The number of carbonyl (C=O) groups excluding carboxylic acids is 1. The van der Waals surface area contributed by atoms with Crippen LogP contribution in [0.4, 0.5) is 8.78 Å². The Morgan fingerprint density at radius 1 is 1.05 bits per heavy atom. The molecule has 2 atom stereocenters. The van der Waals surface area contributed by atoms with Gasteiger partial charge in [0, 0.05) is 12.5 Å². The summed E-state index contributed by atoms with van der Waals surface area (Å²) in [5.41, 5.74) is 0.721. The van der Waals surface area contributed by atoms with E-state index in [-0.39, 0.29) is 18.0 Å². The quantitative estimate of drug-likeness (QED) is 0.760. The molecule has 0 N–H and O–H groups in total. The smallest absolute Gasteiger partial charge is 0.223 e. The van der Waals surface area contributed by atoms with Crippen molar-refractivity contribution in [3.63, 3.8) is 0 Å². The molecule has 2 nitrogen and oxygen atoms in total. The fourth-order valence-corrected chi connectivity index (χ4v) is 3.41. The zero-order valence-corrected chi connectivity index (χ0v) is 10.7. The Kier molecular flexibility index (Phi) is 3.25. The molecule has 1 aromatic carbocycles. The highest BCUT2D eigenvalue weighted by molar-refractivity contribution is 5.78. The normalized spacial score (nSPS) is 27.3. The van der Waals surface area contributed by atoms with Crippen LogP contribution in [0.5, 0.6) is 0 Å². The third-order valence-electron chi connectivity index (χ3n) is 4.29. The first-order chi connectivity index (χ1) is 9.16. The van der Waals surface area contributed by atoms with E-state index in [1.165, 1.54) is 6.07 Å². The molecule has 2 aliphatic rings. The molecule has 0 aliphatic carbocycles. The van der Waals surface area contributed by atoms with Crippen molar-refractivity contribution in [2.24, 2.45) is 0 Å². The number of nitrogens with zero attached hydrogens (tertiary/aromatic N) is 1. The summed E-state index contributed by atoms with van der Waals surface area (Å²) in [6, 6.07) is 4.20. The van der Waals surface area contributed by atoms with Gasteiger partial charge in [0.25, 0.3) is 0 Å². The molecule has 102 valence electrons. The van der Waals surface area contributed by atoms with Crippen molar-refractivity contribution in [2.75, 3.05) is 0 Å². The summed E-state index contributed by atoms with van der Waals surface area (Å²) in [6.45, 7) is 0. The van der Waals surface area contributed by atoms with Gasteiger partial charge >= 0.3 is 0 Å². The molecular weight excluding hydrogens is 248 g/mol. The predicted octanol–water partition coefficient (Wildman–Crippen LogP) is 3.57. The van der Waals surface area contributed by atoms with E-state index in [1.807, 2.05) is 4.90 Å². The number of rotatable bonds is 1. The third kappa shape index (κ3) is 2.24. The standard InChI is InChI=1S/C15H17F2NO/c16-12-8-7-10(9-13(12)17)14-5-1-3-11-4-2-6-15(19)18(11)14/h7-9,11,14H,1-6H2. The van der Waals surface area contributed by atoms with Crippen LogP contribution in [0.3, 0.4) is 0 Å². The van der Waals surface area contributed by atoms with Gasteiger partial charge in [0.05, 0.1) is 6.04 Å². The van der Waals surface area contributed by atoms with E-state index < -0.39 is 11.6 Å². The number of amides is 1. The van der Waals surface area contributed by atoms with Crippen LogP contribution in [0, 0.1) is 11.6 Å². The molecule has 2 aliphatic heterocycles. The van der Waals surface area contributed by atoms with Crippen LogP contribution >= 0.6 is 0 Å². The molecule has 1 aromatic rings. The zero-order valence-electron chi connectivity index (χ0n) is 10.7. The molecule has 2 unspecified atom stereocenters. The minimum absolute atomic E-state index is 0.0818. The summed E-state index contributed by atoms with van der Waals surface area (Å²) in [6.07, 6.45) is 5.48. The number of fused-ring (bicyclic) bond motifs is 1. The highest BCUT2D eigenvalue weighted by Gasteiger charge is 2.37. The van der Waals surface area contributed by atoms with Crippen LogP contribution in [0.1, 0.15) is 50.1 Å². The first kappa shape index (κ1) is 12.6. The van der Waals surface area contributed by atoms with Gasteiger partial charge in [-0.15, -0.1) is 0 Å². The Labute approximate surface area is 111 Å². The van der Waals surface area contributed by atoms with Crippen molar-refractivity contribution in [1.29, 1.82) is 0 Å². The number of benzene rings is 1. The van der Waals surface area contributed by atoms with Crippen LogP contribution in [0.2, 0.25) is 0 Å². The molecular formula is C15H17F2NO. The van der Waals surface area contributed by atoms with Crippen LogP contribution < -0.4 is 0 Å². The first-order valence-corrected chi connectivity index (χ1v) is 6.93. The van der Waals surface area contributed by atoms with Crippen molar-refractivity contribution in [1.82, 2.24) is 4.90 Å². The lowest BCUT2D eigenvalue weighted by Crippen LogP contribution is -2.48. The van der Waals surface area contributed by atoms with Crippen LogP contribution in [0.25, 0.3) is 0 Å². The molecule has 0 radical (unpaired) electrons. The number of halogens is 2. The van der Waals surface area contributed by atoms with Crippen molar-refractivity contribution in [3.8, 4) is 0 Å². The maximum absolute atomic E-state index is 13.4. The highest BCUT2D eigenvalue weighted by atomic mass is 19.2. The van der Waals surface area contributed by atoms with Crippen molar-refractivity contribution in [2.45, 2.75) is 50.6 Å².